The number of hydrogen-bond donors (Lipinski definition) is 1. The number of fused-ring (bicyclic) bond motifs is 1. The first kappa shape index (κ1) is 27.4. The summed E-state index contributed by atoms with van der Waals surface area (Å²) >= 11 is 0. The lowest BCUT2D eigenvalue weighted by atomic mass is 10.0. The van der Waals surface area contributed by atoms with Crippen molar-refractivity contribution in [2.45, 2.75) is 38.6 Å². The molecule has 0 spiro atoms. The molecule has 3 aromatic carbocycles. The SMILES string of the molecule is CCOC(=O)N1CCNCC1C(=O)CCCCCOc1ccc2nc(-c3ccccc3)n(-c3ccccc3)c2c1. The molecule has 0 aliphatic carbocycles. The third-order valence-electron chi connectivity index (χ3n) is 7.13. The lowest BCUT2D eigenvalue weighted by molar-refractivity contribution is -0.124. The number of imidazole rings is 1. The number of ether oxygens (including phenoxy) is 2. The van der Waals surface area contributed by atoms with Crippen LogP contribution in [0.25, 0.3) is 28.1 Å². The molecule has 8 nitrogen and oxygen atoms in total. The highest BCUT2D eigenvalue weighted by Gasteiger charge is 2.32. The minimum atomic E-state index is -0.453. The van der Waals surface area contributed by atoms with Crippen LogP contribution in [-0.4, -0.2) is 65.2 Å². The van der Waals surface area contributed by atoms with Crippen LogP contribution in [0.1, 0.15) is 32.6 Å². The number of hydrogen-bond acceptors (Lipinski definition) is 6. The Bertz CT molecular complexity index is 1420. The molecule has 5 rings (SSSR count). The van der Waals surface area contributed by atoms with E-state index < -0.39 is 12.1 Å². The normalized spacial score (nSPS) is 15.2. The Morgan fingerprint density at radius 2 is 1.75 bits per heavy atom. The summed E-state index contributed by atoms with van der Waals surface area (Å²) < 4.78 is 13.4. The van der Waals surface area contributed by atoms with Gasteiger partial charge >= 0.3 is 6.09 Å². The molecule has 1 atom stereocenters. The predicted octanol–water partition coefficient (Wildman–Crippen LogP) is 5.63. The first-order valence-electron chi connectivity index (χ1n) is 14.1. The quantitative estimate of drug-likeness (QED) is 0.248. The van der Waals surface area contributed by atoms with E-state index in [-0.39, 0.29) is 5.78 Å². The lowest BCUT2D eigenvalue weighted by Crippen LogP contribution is -2.57. The number of unbranched alkanes of at least 4 members (excludes halogenated alkanes) is 2. The van der Waals surface area contributed by atoms with Crippen LogP contribution in [0.2, 0.25) is 0 Å². The van der Waals surface area contributed by atoms with Gasteiger partial charge in [-0.15, -0.1) is 0 Å². The van der Waals surface area contributed by atoms with Gasteiger partial charge in [-0.05, 0) is 50.5 Å². The van der Waals surface area contributed by atoms with Gasteiger partial charge in [0.05, 0.1) is 24.2 Å². The lowest BCUT2D eigenvalue weighted by Gasteiger charge is -2.34. The maximum atomic E-state index is 12.8. The van der Waals surface area contributed by atoms with Gasteiger partial charge in [0, 0.05) is 43.4 Å². The predicted molar refractivity (Wildman–Crippen MR) is 156 cm³/mol. The van der Waals surface area contributed by atoms with Gasteiger partial charge in [0.25, 0.3) is 0 Å². The molecule has 1 fully saturated rings. The minimum absolute atomic E-state index is 0.0787. The molecule has 2 heterocycles. The number of amides is 1. The molecule has 208 valence electrons. The van der Waals surface area contributed by atoms with E-state index in [1.807, 2.05) is 54.6 Å². The number of nitrogens with zero attached hydrogens (tertiary/aromatic N) is 3. The Balaban J connectivity index is 1.18. The number of nitrogens with one attached hydrogen (secondary N) is 1. The van der Waals surface area contributed by atoms with Crippen molar-refractivity contribution in [1.29, 1.82) is 0 Å². The number of aromatic nitrogens is 2. The second-order valence-electron chi connectivity index (χ2n) is 9.86. The highest BCUT2D eigenvalue weighted by Crippen LogP contribution is 2.31. The zero-order valence-corrected chi connectivity index (χ0v) is 22.9. The zero-order chi connectivity index (χ0) is 27.7. The van der Waals surface area contributed by atoms with Crippen molar-refractivity contribution in [3.8, 4) is 22.8 Å². The van der Waals surface area contributed by atoms with Gasteiger partial charge in [-0.3, -0.25) is 14.3 Å². The first-order valence-corrected chi connectivity index (χ1v) is 14.1. The molecule has 1 unspecified atom stereocenters. The van der Waals surface area contributed by atoms with Crippen molar-refractivity contribution in [3.63, 3.8) is 0 Å². The number of benzene rings is 3. The number of piperazine rings is 1. The monoisotopic (exact) mass is 540 g/mol. The van der Waals surface area contributed by atoms with Crippen LogP contribution in [0.15, 0.2) is 78.9 Å². The van der Waals surface area contributed by atoms with Gasteiger partial charge in [-0.25, -0.2) is 9.78 Å². The molecule has 4 aromatic rings. The van der Waals surface area contributed by atoms with Gasteiger partial charge in [-0.1, -0.05) is 48.5 Å². The fraction of sp³-hybridized carbons (Fsp3) is 0.344. The van der Waals surface area contributed by atoms with Gasteiger partial charge in [0.15, 0.2) is 5.78 Å². The molecular formula is C32H36N4O4. The van der Waals surface area contributed by atoms with Crippen LogP contribution in [0.4, 0.5) is 4.79 Å². The molecule has 1 aliphatic heterocycles. The van der Waals surface area contributed by atoms with E-state index in [1.54, 1.807) is 11.8 Å². The molecule has 0 bridgehead atoms. The first-order chi connectivity index (χ1) is 19.7. The van der Waals surface area contributed by atoms with Gasteiger partial charge in [0.2, 0.25) is 0 Å². The summed E-state index contributed by atoms with van der Waals surface area (Å²) in [6.07, 6.45) is 2.50. The largest absolute Gasteiger partial charge is 0.494 e. The molecule has 1 aliphatic rings. The van der Waals surface area contributed by atoms with Gasteiger partial charge < -0.3 is 14.8 Å². The van der Waals surface area contributed by atoms with E-state index in [1.165, 1.54) is 0 Å². The van der Waals surface area contributed by atoms with Crippen LogP contribution in [0.5, 0.6) is 5.75 Å². The summed E-state index contributed by atoms with van der Waals surface area (Å²) in [4.78, 5) is 31.5. The fourth-order valence-electron chi connectivity index (χ4n) is 5.12. The maximum Gasteiger partial charge on any atom is 0.410 e. The van der Waals surface area contributed by atoms with Gasteiger partial charge in [0.1, 0.15) is 17.6 Å². The molecule has 8 heteroatoms. The Labute approximate surface area is 234 Å². The zero-order valence-electron chi connectivity index (χ0n) is 22.9. The molecule has 0 radical (unpaired) electrons. The number of para-hydroxylation sites is 1. The fourth-order valence-corrected chi connectivity index (χ4v) is 5.12. The van der Waals surface area contributed by atoms with Crippen LogP contribution in [0.3, 0.4) is 0 Å². The summed E-state index contributed by atoms with van der Waals surface area (Å²) in [7, 11) is 0. The van der Waals surface area contributed by atoms with Crippen molar-refractivity contribution >= 4 is 22.9 Å². The Hall–Kier alpha value is -4.17. The van der Waals surface area contributed by atoms with E-state index >= 15 is 0 Å². The standard InChI is InChI=1S/C32H36N4O4/c1-2-39-32(38)35-20-19-33-23-29(35)30(37)16-10-5-11-21-40-26-17-18-27-28(22-26)36(25-14-8-4-9-15-25)31(34-27)24-12-6-3-7-13-24/h3-4,6-9,12-15,17-18,22,29,33H,2,5,10-11,16,19-21,23H2,1H3. The third-order valence-corrected chi connectivity index (χ3v) is 7.13. The molecule has 1 aromatic heterocycles. The van der Waals surface area contributed by atoms with E-state index in [0.717, 1.165) is 53.1 Å². The Morgan fingerprint density at radius 3 is 2.52 bits per heavy atom. The number of ketones is 1. The molecule has 0 saturated carbocycles. The molecule has 40 heavy (non-hydrogen) atoms. The van der Waals surface area contributed by atoms with Gasteiger partial charge in [-0.2, -0.15) is 0 Å². The number of carbonyl (C=O) groups is 2. The Morgan fingerprint density at radius 1 is 0.975 bits per heavy atom. The summed E-state index contributed by atoms with van der Waals surface area (Å²) in [6, 6.07) is 26.0. The van der Waals surface area contributed by atoms with Crippen molar-refractivity contribution in [2.24, 2.45) is 0 Å². The molecular weight excluding hydrogens is 504 g/mol. The minimum Gasteiger partial charge on any atom is -0.494 e. The number of rotatable bonds is 11. The average molecular weight is 541 g/mol. The van der Waals surface area contributed by atoms with Crippen LogP contribution >= 0.6 is 0 Å². The van der Waals surface area contributed by atoms with Crippen molar-refractivity contribution in [1.82, 2.24) is 19.8 Å². The summed E-state index contributed by atoms with van der Waals surface area (Å²) in [5, 5.41) is 3.21. The topological polar surface area (TPSA) is 85.7 Å². The third kappa shape index (κ3) is 6.34. The average Bonchev–Trinajstić information content (AvgIpc) is 3.38. The second-order valence-corrected chi connectivity index (χ2v) is 9.86. The number of Topliss-reactive ketones (excluding diaryl/α,β-unsaturated/α-hetero) is 1. The number of carbonyl (C=O) groups excluding carboxylic acids is 2. The van der Waals surface area contributed by atoms with E-state index in [2.05, 4.69) is 34.1 Å². The van der Waals surface area contributed by atoms with Crippen LogP contribution in [-0.2, 0) is 9.53 Å². The van der Waals surface area contributed by atoms with E-state index in [0.29, 0.717) is 39.3 Å². The highest BCUT2D eigenvalue weighted by atomic mass is 16.6. The van der Waals surface area contributed by atoms with Crippen molar-refractivity contribution in [2.75, 3.05) is 32.8 Å². The smallest absolute Gasteiger partial charge is 0.410 e. The summed E-state index contributed by atoms with van der Waals surface area (Å²) in [6.45, 7) is 4.28. The Kier molecular flexibility index (Phi) is 9.08. The van der Waals surface area contributed by atoms with Crippen LogP contribution in [0, 0.1) is 0 Å². The second kappa shape index (κ2) is 13.3. The van der Waals surface area contributed by atoms with Crippen molar-refractivity contribution < 1.29 is 19.1 Å². The molecule has 1 amide bonds. The molecule has 1 N–H and O–H groups in total. The van der Waals surface area contributed by atoms with Crippen LogP contribution < -0.4 is 10.1 Å². The van der Waals surface area contributed by atoms with E-state index in [4.69, 9.17) is 14.5 Å². The van der Waals surface area contributed by atoms with Crippen molar-refractivity contribution in [3.05, 3.63) is 78.9 Å². The van der Waals surface area contributed by atoms with E-state index in [9.17, 15) is 9.59 Å². The summed E-state index contributed by atoms with van der Waals surface area (Å²) in [5.41, 5.74) is 3.98. The highest BCUT2D eigenvalue weighted by molar-refractivity contribution is 5.88. The maximum absolute atomic E-state index is 12.8. The molecule has 1 saturated heterocycles. The summed E-state index contributed by atoms with van der Waals surface area (Å²) in [5.74, 6) is 1.76.